The summed E-state index contributed by atoms with van der Waals surface area (Å²) >= 11 is 0. The third-order valence-corrected chi connectivity index (χ3v) is 3.95. The first-order chi connectivity index (χ1) is 10.8. The lowest BCUT2D eigenvalue weighted by molar-refractivity contribution is -0.137. The van der Waals surface area contributed by atoms with Crippen LogP contribution in [0.5, 0.6) is 0 Å². The van der Waals surface area contributed by atoms with Crippen molar-refractivity contribution in [1.29, 1.82) is 0 Å². The van der Waals surface area contributed by atoms with E-state index < -0.39 is 17.6 Å². The quantitative estimate of drug-likeness (QED) is 0.906. The maximum atomic E-state index is 12.7. The van der Waals surface area contributed by atoms with Gasteiger partial charge in [0.1, 0.15) is 5.76 Å². The standard InChI is InChI=1S/C16H15F3N2O2/c1-9-5-6-13-12(7-9)14(21-23-13)15(22)20-11-4-2-3-10(8-11)16(17,18)19/h2-4,8-9H,5-7H2,1H3,(H,20,22)/t9-/m0/s1. The number of fused-ring (bicyclic) bond motifs is 1. The minimum Gasteiger partial charge on any atom is -0.360 e. The van der Waals surface area contributed by atoms with Gasteiger partial charge in [0.2, 0.25) is 0 Å². The van der Waals surface area contributed by atoms with E-state index in [9.17, 15) is 18.0 Å². The number of benzene rings is 1. The zero-order valence-corrected chi connectivity index (χ0v) is 12.4. The van der Waals surface area contributed by atoms with Crippen molar-refractivity contribution >= 4 is 11.6 Å². The number of aryl methyl sites for hydroxylation is 1. The molecule has 1 aromatic carbocycles. The van der Waals surface area contributed by atoms with Gasteiger partial charge in [-0.05, 0) is 37.0 Å². The number of rotatable bonds is 2. The molecule has 0 fully saturated rings. The first-order valence-corrected chi connectivity index (χ1v) is 7.30. The smallest absolute Gasteiger partial charge is 0.360 e. The van der Waals surface area contributed by atoms with Crippen molar-refractivity contribution in [1.82, 2.24) is 5.16 Å². The molecule has 0 saturated carbocycles. The monoisotopic (exact) mass is 324 g/mol. The van der Waals surface area contributed by atoms with Gasteiger partial charge in [-0.15, -0.1) is 0 Å². The molecule has 1 aromatic heterocycles. The molecule has 4 nitrogen and oxygen atoms in total. The van der Waals surface area contributed by atoms with Crippen LogP contribution in [-0.2, 0) is 19.0 Å². The van der Waals surface area contributed by atoms with Gasteiger partial charge in [-0.3, -0.25) is 4.79 Å². The molecule has 1 heterocycles. The molecule has 1 aliphatic carbocycles. The molecule has 122 valence electrons. The molecule has 1 N–H and O–H groups in total. The van der Waals surface area contributed by atoms with Crippen LogP contribution in [0.15, 0.2) is 28.8 Å². The second kappa shape index (κ2) is 5.72. The molecule has 1 atom stereocenters. The van der Waals surface area contributed by atoms with Crippen molar-refractivity contribution < 1.29 is 22.5 Å². The molecule has 3 rings (SSSR count). The number of nitrogens with one attached hydrogen (secondary N) is 1. The number of carbonyl (C=O) groups is 1. The molecule has 7 heteroatoms. The van der Waals surface area contributed by atoms with Crippen LogP contribution in [0.1, 0.15) is 40.7 Å². The summed E-state index contributed by atoms with van der Waals surface area (Å²) in [4.78, 5) is 12.3. The highest BCUT2D eigenvalue weighted by Crippen LogP contribution is 2.31. The molecule has 2 aromatic rings. The van der Waals surface area contributed by atoms with Crippen molar-refractivity contribution in [3.05, 3.63) is 46.8 Å². The number of hydrogen-bond acceptors (Lipinski definition) is 3. The number of alkyl halides is 3. The van der Waals surface area contributed by atoms with Gasteiger partial charge in [0.05, 0.1) is 5.56 Å². The van der Waals surface area contributed by atoms with E-state index in [1.54, 1.807) is 0 Å². The van der Waals surface area contributed by atoms with E-state index in [-0.39, 0.29) is 11.4 Å². The van der Waals surface area contributed by atoms with Gasteiger partial charge in [-0.2, -0.15) is 13.2 Å². The Hall–Kier alpha value is -2.31. The predicted molar refractivity (Wildman–Crippen MR) is 77.1 cm³/mol. The molecule has 0 bridgehead atoms. The zero-order chi connectivity index (χ0) is 16.6. The Bertz CT molecular complexity index is 737. The minimum absolute atomic E-state index is 0.0745. The van der Waals surface area contributed by atoms with Gasteiger partial charge in [0, 0.05) is 17.7 Å². The highest BCUT2D eigenvalue weighted by Gasteiger charge is 2.31. The Labute approximate surface area is 130 Å². The second-order valence-electron chi connectivity index (χ2n) is 5.81. The lowest BCUT2D eigenvalue weighted by Gasteiger charge is -2.16. The predicted octanol–water partition coefficient (Wildman–Crippen LogP) is 4.07. The minimum atomic E-state index is -4.46. The number of amides is 1. The van der Waals surface area contributed by atoms with Crippen LogP contribution >= 0.6 is 0 Å². The Morgan fingerprint density at radius 2 is 2.17 bits per heavy atom. The maximum absolute atomic E-state index is 12.7. The third kappa shape index (κ3) is 3.23. The van der Waals surface area contributed by atoms with Gasteiger partial charge >= 0.3 is 6.18 Å². The highest BCUT2D eigenvalue weighted by atomic mass is 19.4. The highest BCUT2D eigenvalue weighted by molar-refractivity contribution is 6.04. The molecule has 0 saturated heterocycles. The van der Waals surface area contributed by atoms with Crippen LogP contribution in [0.25, 0.3) is 0 Å². The number of anilines is 1. The first kappa shape index (κ1) is 15.6. The number of halogens is 3. The fourth-order valence-corrected chi connectivity index (χ4v) is 2.72. The van der Waals surface area contributed by atoms with Crippen molar-refractivity contribution in [2.45, 2.75) is 32.4 Å². The molecule has 0 aliphatic heterocycles. The summed E-state index contributed by atoms with van der Waals surface area (Å²) in [6, 6.07) is 4.50. The fraction of sp³-hybridized carbons (Fsp3) is 0.375. The van der Waals surface area contributed by atoms with Gasteiger partial charge in [-0.25, -0.2) is 0 Å². The second-order valence-corrected chi connectivity index (χ2v) is 5.81. The normalized spacial score (nSPS) is 17.7. The van der Waals surface area contributed by atoms with Crippen LogP contribution in [0.3, 0.4) is 0 Å². The molecule has 1 aliphatic rings. The third-order valence-electron chi connectivity index (χ3n) is 3.95. The summed E-state index contributed by atoms with van der Waals surface area (Å²) in [7, 11) is 0. The molecule has 0 spiro atoms. The summed E-state index contributed by atoms with van der Waals surface area (Å²) in [6.45, 7) is 2.07. The Morgan fingerprint density at radius 3 is 2.91 bits per heavy atom. The van der Waals surface area contributed by atoms with Crippen LogP contribution in [0.4, 0.5) is 18.9 Å². The molecular formula is C16H15F3N2O2. The van der Waals surface area contributed by atoms with E-state index in [4.69, 9.17) is 4.52 Å². The van der Waals surface area contributed by atoms with Crippen molar-refractivity contribution in [3.8, 4) is 0 Å². The number of hydrogen-bond donors (Lipinski definition) is 1. The Balaban J connectivity index is 1.82. The topological polar surface area (TPSA) is 55.1 Å². The number of nitrogens with zero attached hydrogens (tertiary/aromatic N) is 1. The van der Waals surface area contributed by atoms with E-state index >= 15 is 0 Å². The average molecular weight is 324 g/mol. The maximum Gasteiger partial charge on any atom is 0.416 e. The molecule has 0 unspecified atom stereocenters. The average Bonchev–Trinajstić information content (AvgIpc) is 2.89. The zero-order valence-electron chi connectivity index (χ0n) is 12.4. The summed E-state index contributed by atoms with van der Waals surface area (Å²) in [5.41, 5.74) is 0.175. The number of carbonyl (C=O) groups excluding carboxylic acids is 1. The SMILES string of the molecule is C[C@H]1CCc2onc(C(=O)Nc3cccc(C(F)(F)F)c3)c2C1. The van der Waals surface area contributed by atoms with Crippen molar-refractivity contribution in [3.63, 3.8) is 0 Å². The van der Waals surface area contributed by atoms with Crippen LogP contribution in [-0.4, -0.2) is 11.1 Å². The van der Waals surface area contributed by atoms with Crippen LogP contribution in [0, 0.1) is 5.92 Å². The molecule has 23 heavy (non-hydrogen) atoms. The van der Waals surface area contributed by atoms with Gasteiger partial charge in [0.15, 0.2) is 5.69 Å². The summed E-state index contributed by atoms with van der Waals surface area (Å²) < 4.78 is 43.3. The molecular weight excluding hydrogens is 309 g/mol. The lowest BCUT2D eigenvalue weighted by Crippen LogP contribution is -2.18. The van der Waals surface area contributed by atoms with E-state index in [1.165, 1.54) is 12.1 Å². The summed E-state index contributed by atoms with van der Waals surface area (Å²) in [5, 5.41) is 6.25. The van der Waals surface area contributed by atoms with E-state index in [0.29, 0.717) is 18.1 Å². The van der Waals surface area contributed by atoms with Crippen molar-refractivity contribution in [2.75, 3.05) is 5.32 Å². The fourth-order valence-electron chi connectivity index (χ4n) is 2.72. The van der Waals surface area contributed by atoms with Gasteiger partial charge in [0.25, 0.3) is 5.91 Å². The Kier molecular flexibility index (Phi) is 3.87. The molecule has 0 radical (unpaired) electrons. The van der Waals surface area contributed by atoms with Gasteiger partial charge in [-0.1, -0.05) is 18.1 Å². The largest absolute Gasteiger partial charge is 0.416 e. The van der Waals surface area contributed by atoms with E-state index in [1.807, 2.05) is 0 Å². The van der Waals surface area contributed by atoms with E-state index in [0.717, 1.165) is 30.5 Å². The van der Waals surface area contributed by atoms with E-state index in [2.05, 4.69) is 17.4 Å². The summed E-state index contributed by atoms with van der Waals surface area (Å²) in [6.07, 6.45) is -2.08. The van der Waals surface area contributed by atoms with Gasteiger partial charge < -0.3 is 9.84 Å². The van der Waals surface area contributed by atoms with Crippen LogP contribution in [0.2, 0.25) is 0 Å². The Morgan fingerprint density at radius 1 is 1.39 bits per heavy atom. The van der Waals surface area contributed by atoms with Crippen molar-refractivity contribution in [2.24, 2.45) is 5.92 Å². The first-order valence-electron chi connectivity index (χ1n) is 7.30. The number of aromatic nitrogens is 1. The van der Waals surface area contributed by atoms with Crippen LogP contribution < -0.4 is 5.32 Å². The summed E-state index contributed by atoms with van der Waals surface area (Å²) in [5.74, 6) is 0.558. The lowest BCUT2D eigenvalue weighted by atomic mass is 9.88. The molecule has 1 amide bonds.